The Morgan fingerprint density at radius 2 is 1.97 bits per heavy atom. The molecule has 3 aromatic rings. The molecule has 1 saturated heterocycles. The first-order valence-electron chi connectivity index (χ1n) is 9.60. The molecule has 29 heavy (non-hydrogen) atoms. The summed E-state index contributed by atoms with van der Waals surface area (Å²) in [7, 11) is 0. The first-order chi connectivity index (χ1) is 14.1. The van der Waals surface area contributed by atoms with Crippen LogP contribution in [0.1, 0.15) is 22.3 Å². The highest BCUT2D eigenvalue weighted by molar-refractivity contribution is 5.92. The molecule has 0 unspecified atom stereocenters. The van der Waals surface area contributed by atoms with E-state index in [0.717, 1.165) is 35.3 Å². The number of benzene rings is 2. The second kappa shape index (κ2) is 8.32. The SMILES string of the molecule is NC(=O)c1ccc(O[C@H]2CCN(c3ccc(-c4ccccc4)cc3CO)C2)nc1. The number of hydrogen-bond acceptors (Lipinski definition) is 5. The van der Waals surface area contributed by atoms with Crippen molar-refractivity contribution < 1.29 is 14.6 Å². The summed E-state index contributed by atoms with van der Waals surface area (Å²) in [6.07, 6.45) is 2.27. The van der Waals surface area contributed by atoms with E-state index in [0.29, 0.717) is 18.0 Å². The zero-order chi connectivity index (χ0) is 20.2. The van der Waals surface area contributed by atoms with Crippen molar-refractivity contribution in [2.24, 2.45) is 5.73 Å². The van der Waals surface area contributed by atoms with Crippen molar-refractivity contribution in [1.82, 2.24) is 4.98 Å². The normalized spacial score (nSPS) is 16.0. The van der Waals surface area contributed by atoms with Gasteiger partial charge in [-0.15, -0.1) is 0 Å². The molecule has 148 valence electrons. The lowest BCUT2D eigenvalue weighted by molar-refractivity contribution is 0.1000. The molecular formula is C23H23N3O3. The van der Waals surface area contributed by atoms with Gasteiger partial charge in [0.15, 0.2) is 0 Å². The molecule has 1 atom stereocenters. The van der Waals surface area contributed by atoms with Gasteiger partial charge in [0, 0.05) is 36.5 Å². The quantitative estimate of drug-likeness (QED) is 0.677. The predicted octanol–water partition coefficient (Wildman–Crippen LogP) is 3.00. The Balaban J connectivity index is 1.46. The molecule has 1 aliphatic rings. The smallest absolute Gasteiger partial charge is 0.250 e. The van der Waals surface area contributed by atoms with Crippen LogP contribution in [0, 0.1) is 0 Å². The predicted molar refractivity (Wildman–Crippen MR) is 112 cm³/mol. The maximum Gasteiger partial charge on any atom is 0.250 e. The third-order valence-electron chi connectivity index (χ3n) is 5.15. The van der Waals surface area contributed by atoms with Crippen molar-refractivity contribution in [2.45, 2.75) is 19.1 Å². The van der Waals surface area contributed by atoms with Crippen LogP contribution < -0.4 is 15.4 Å². The average molecular weight is 389 g/mol. The number of aromatic nitrogens is 1. The van der Waals surface area contributed by atoms with Crippen LogP contribution in [-0.4, -0.2) is 35.2 Å². The van der Waals surface area contributed by atoms with Crippen LogP contribution in [-0.2, 0) is 6.61 Å². The summed E-state index contributed by atoms with van der Waals surface area (Å²) in [4.78, 5) is 17.5. The molecule has 6 nitrogen and oxygen atoms in total. The fourth-order valence-electron chi connectivity index (χ4n) is 3.64. The van der Waals surface area contributed by atoms with E-state index in [1.54, 1.807) is 12.1 Å². The summed E-state index contributed by atoms with van der Waals surface area (Å²) in [5.41, 5.74) is 9.73. The van der Waals surface area contributed by atoms with Crippen molar-refractivity contribution in [3.05, 3.63) is 78.0 Å². The van der Waals surface area contributed by atoms with Crippen molar-refractivity contribution in [3.8, 4) is 17.0 Å². The van der Waals surface area contributed by atoms with Crippen LogP contribution >= 0.6 is 0 Å². The Morgan fingerprint density at radius 1 is 1.14 bits per heavy atom. The monoisotopic (exact) mass is 389 g/mol. The molecule has 0 radical (unpaired) electrons. The number of amides is 1. The second-order valence-corrected chi connectivity index (χ2v) is 7.09. The number of primary amides is 1. The lowest BCUT2D eigenvalue weighted by Crippen LogP contribution is -2.25. The largest absolute Gasteiger partial charge is 0.472 e. The number of aliphatic hydroxyl groups is 1. The van der Waals surface area contributed by atoms with E-state index in [4.69, 9.17) is 10.5 Å². The molecule has 3 N–H and O–H groups in total. The number of nitrogens with zero attached hydrogens (tertiary/aromatic N) is 2. The number of ether oxygens (including phenoxy) is 1. The van der Waals surface area contributed by atoms with E-state index < -0.39 is 5.91 Å². The van der Waals surface area contributed by atoms with Gasteiger partial charge in [0.2, 0.25) is 11.8 Å². The number of pyridine rings is 1. The fraction of sp³-hybridized carbons (Fsp3) is 0.217. The number of carbonyl (C=O) groups is 1. The Labute approximate surface area is 169 Å². The van der Waals surface area contributed by atoms with Gasteiger partial charge in [-0.25, -0.2) is 4.98 Å². The highest BCUT2D eigenvalue weighted by Gasteiger charge is 2.26. The molecule has 1 aromatic heterocycles. The Bertz CT molecular complexity index is 990. The van der Waals surface area contributed by atoms with Crippen LogP contribution in [0.3, 0.4) is 0 Å². The lowest BCUT2D eigenvalue weighted by Gasteiger charge is -2.22. The summed E-state index contributed by atoms with van der Waals surface area (Å²) in [6, 6.07) is 19.6. The summed E-state index contributed by atoms with van der Waals surface area (Å²) in [5.74, 6) is -0.0322. The van der Waals surface area contributed by atoms with Gasteiger partial charge >= 0.3 is 0 Å². The first-order valence-corrected chi connectivity index (χ1v) is 9.60. The summed E-state index contributed by atoms with van der Waals surface area (Å²) in [6.45, 7) is 1.52. The number of anilines is 1. The summed E-state index contributed by atoms with van der Waals surface area (Å²) >= 11 is 0. The zero-order valence-corrected chi connectivity index (χ0v) is 16.0. The number of aliphatic hydroxyl groups excluding tert-OH is 1. The topological polar surface area (TPSA) is 88.7 Å². The van der Waals surface area contributed by atoms with E-state index >= 15 is 0 Å². The van der Waals surface area contributed by atoms with E-state index in [2.05, 4.69) is 34.1 Å². The van der Waals surface area contributed by atoms with Crippen LogP contribution in [0.25, 0.3) is 11.1 Å². The number of hydrogen-bond donors (Lipinski definition) is 2. The highest BCUT2D eigenvalue weighted by atomic mass is 16.5. The van der Waals surface area contributed by atoms with E-state index in [1.807, 2.05) is 24.3 Å². The van der Waals surface area contributed by atoms with Gasteiger partial charge < -0.3 is 20.5 Å². The molecule has 0 saturated carbocycles. The molecular weight excluding hydrogens is 366 g/mol. The van der Waals surface area contributed by atoms with Crippen LogP contribution in [0.4, 0.5) is 5.69 Å². The molecule has 0 bridgehead atoms. The van der Waals surface area contributed by atoms with Crippen molar-refractivity contribution in [3.63, 3.8) is 0 Å². The third kappa shape index (κ3) is 4.22. The zero-order valence-electron chi connectivity index (χ0n) is 16.0. The summed E-state index contributed by atoms with van der Waals surface area (Å²) in [5, 5.41) is 9.92. The molecule has 1 amide bonds. The second-order valence-electron chi connectivity index (χ2n) is 7.09. The Hall–Kier alpha value is -3.38. The minimum Gasteiger partial charge on any atom is -0.472 e. The molecule has 4 rings (SSSR count). The molecule has 1 aliphatic heterocycles. The maximum absolute atomic E-state index is 11.1. The lowest BCUT2D eigenvalue weighted by atomic mass is 10.0. The number of rotatable bonds is 6. The van der Waals surface area contributed by atoms with Crippen molar-refractivity contribution in [1.29, 1.82) is 0 Å². The molecule has 2 aromatic carbocycles. The molecule has 0 spiro atoms. The van der Waals surface area contributed by atoms with Gasteiger partial charge in [-0.05, 0) is 29.3 Å². The van der Waals surface area contributed by atoms with Gasteiger partial charge in [0.05, 0.1) is 18.7 Å². The molecule has 6 heteroatoms. The minimum absolute atomic E-state index is 0.0118. The van der Waals surface area contributed by atoms with Crippen LogP contribution in [0.15, 0.2) is 66.9 Å². The highest BCUT2D eigenvalue weighted by Crippen LogP contribution is 2.30. The van der Waals surface area contributed by atoms with Gasteiger partial charge in [-0.2, -0.15) is 0 Å². The van der Waals surface area contributed by atoms with Crippen LogP contribution in [0.5, 0.6) is 5.88 Å². The van der Waals surface area contributed by atoms with E-state index in [9.17, 15) is 9.90 Å². The standard InChI is InChI=1S/C23H23N3O3/c24-23(28)18-7-9-22(25-13-18)29-20-10-11-26(14-20)21-8-6-17(12-19(21)15-27)16-4-2-1-3-5-16/h1-9,12-13,20,27H,10-11,14-15H2,(H2,24,28)/t20-/m0/s1. The third-order valence-corrected chi connectivity index (χ3v) is 5.15. The minimum atomic E-state index is -0.508. The Morgan fingerprint density at radius 3 is 2.66 bits per heavy atom. The maximum atomic E-state index is 11.1. The van der Waals surface area contributed by atoms with Gasteiger partial charge in [0.1, 0.15) is 6.10 Å². The molecule has 2 heterocycles. The van der Waals surface area contributed by atoms with Crippen molar-refractivity contribution >= 4 is 11.6 Å². The van der Waals surface area contributed by atoms with Crippen molar-refractivity contribution in [2.75, 3.05) is 18.0 Å². The molecule has 1 fully saturated rings. The summed E-state index contributed by atoms with van der Waals surface area (Å²) < 4.78 is 5.96. The van der Waals surface area contributed by atoms with E-state index in [1.165, 1.54) is 6.20 Å². The average Bonchev–Trinajstić information content (AvgIpc) is 3.22. The van der Waals surface area contributed by atoms with Crippen LogP contribution in [0.2, 0.25) is 0 Å². The van der Waals surface area contributed by atoms with Gasteiger partial charge in [-0.1, -0.05) is 36.4 Å². The van der Waals surface area contributed by atoms with Gasteiger partial charge in [0.25, 0.3) is 0 Å². The number of nitrogens with two attached hydrogens (primary N) is 1. The fourth-order valence-corrected chi connectivity index (χ4v) is 3.64. The Kier molecular flexibility index (Phi) is 5.44. The molecule has 0 aliphatic carbocycles. The van der Waals surface area contributed by atoms with E-state index in [-0.39, 0.29) is 12.7 Å². The van der Waals surface area contributed by atoms with Gasteiger partial charge in [-0.3, -0.25) is 4.79 Å². The number of carbonyl (C=O) groups excluding carboxylic acids is 1. The first kappa shape index (κ1) is 19.0.